The third-order valence-corrected chi connectivity index (χ3v) is 2.16. The fraction of sp³-hybridized carbons (Fsp3) is 0.667. The van der Waals surface area contributed by atoms with Crippen LogP contribution in [0.15, 0.2) is 0 Å². The number of rotatable bonds is 5. The predicted octanol–water partition coefficient (Wildman–Crippen LogP) is 1.92. The summed E-state index contributed by atoms with van der Waals surface area (Å²) in [6, 6.07) is 0. The van der Waals surface area contributed by atoms with Crippen LogP contribution in [0.3, 0.4) is 0 Å². The van der Waals surface area contributed by atoms with E-state index in [1.807, 2.05) is 0 Å². The lowest BCUT2D eigenvalue weighted by Gasteiger charge is -2.16. The highest BCUT2D eigenvalue weighted by atomic mass is 32.1. The molecule has 0 spiro atoms. The molecular weight excluding hydrogens is 220 g/mol. The van der Waals surface area contributed by atoms with E-state index in [-0.39, 0.29) is 15.9 Å². The maximum atomic E-state index is 11.2. The molecule has 0 saturated carbocycles. The zero-order chi connectivity index (χ0) is 11.1. The lowest BCUT2D eigenvalue weighted by atomic mass is 10.1. The van der Waals surface area contributed by atoms with Gasteiger partial charge in [-0.05, 0) is 45.2 Å². The highest BCUT2D eigenvalue weighted by Crippen LogP contribution is 2.08. The number of Topliss-reactive ketones (excluding diaryl/α,β-unsaturated/α-hetero) is 1. The molecule has 0 saturated heterocycles. The van der Waals surface area contributed by atoms with Crippen molar-refractivity contribution in [2.45, 2.75) is 20.8 Å². The molecule has 0 aromatic rings. The van der Waals surface area contributed by atoms with Gasteiger partial charge in [-0.25, -0.2) is 0 Å². The first-order valence-electron chi connectivity index (χ1n) is 4.38. The topological polar surface area (TPSA) is 35.5 Å². The van der Waals surface area contributed by atoms with E-state index in [2.05, 4.69) is 0 Å². The van der Waals surface area contributed by atoms with Gasteiger partial charge in [0.2, 0.25) is 0 Å². The molecule has 0 fully saturated rings. The zero-order valence-corrected chi connectivity index (χ0v) is 10.2. The molecule has 0 N–H and O–H groups in total. The quantitative estimate of drug-likeness (QED) is 0.679. The van der Waals surface area contributed by atoms with Crippen molar-refractivity contribution in [3.8, 4) is 0 Å². The third-order valence-electron chi connectivity index (χ3n) is 1.45. The van der Waals surface area contributed by atoms with Crippen LogP contribution in [0.25, 0.3) is 0 Å². The lowest BCUT2D eigenvalue weighted by Crippen LogP contribution is -2.31. The van der Waals surface area contributed by atoms with Gasteiger partial charge in [-0.2, -0.15) is 0 Å². The van der Waals surface area contributed by atoms with Crippen molar-refractivity contribution in [2.24, 2.45) is 5.92 Å². The molecular formula is C9H14O3S2. The lowest BCUT2D eigenvalue weighted by molar-refractivity contribution is -0.117. The summed E-state index contributed by atoms with van der Waals surface area (Å²) in [5.41, 5.74) is 0. The highest BCUT2D eigenvalue weighted by Gasteiger charge is 2.26. The van der Waals surface area contributed by atoms with Crippen LogP contribution in [0.2, 0.25) is 0 Å². The third kappa shape index (κ3) is 4.11. The summed E-state index contributed by atoms with van der Waals surface area (Å²) < 4.78 is 10.2. The van der Waals surface area contributed by atoms with Gasteiger partial charge in [0, 0.05) is 0 Å². The van der Waals surface area contributed by atoms with Gasteiger partial charge in [-0.1, -0.05) is 0 Å². The molecule has 0 rings (SSSR count). The van der Waals surface area contributed by atoms with Crippen LogP contribution in [-0.4, -0.2) is 29.1 Å². The van der Waals surface area contributed by atoms with Gasteiger partial charge in [0.25, 0.3) is 0 Å². The first-order chi connectivity index (χ1) is 6.54. The van der Waals surface area contributed by atoms with Crippen LogP contribution in [-0.2, 0) is 14.3 Å². The van der Waals surface area contributed by atoms with Crippen molar-refractivity contribution in [2.75, 3.05) is 13.2 Å². The Bertz CT molecular complexity index is 220. The smallest absolute Gasteiger partial charge is 0.178 e. The molecule has 0 aliphatic heterocycles. The van der Waals surface area contributed by atoms with Crippen molar-refractivity contribution in [3.63, 3.8) is 0 Å². The number of hydrogen-bond donors (Lipinski definition) is 0. The van der Waals surface area contributed by atoms with Crippen molar-refractivity contribution in [1.82, 2.24) is 0 Å². The summed E-state index contributed by atoms with van der Waals surface area (Å²) in [4.78, 5) is 11.2. The van der Waals surface area contributed by atoms with E-state index in [9.17, 15) is 4.79 Å². The summed E-state index contributed by atoms with van der Waals surface area (Å²) in [5, 5.41) is 0.386. The van der Waals surface area contributed by atoms with E-state index < -0.39 is 5.92 Å². The zero-order valence-electron chi connectivity index (χ0n) is 8.53. The van der Waals surface area contributed by atoms with Crippen LogP contribution < -0.4 is 0 Å². The van der Waals surface area contributed by atoms with Gasteiger partial charge in [0.15, 0.2) is 16.0 Å². The van der Waals surface area contributed by atoms with Gasteiger partial charge >= 0.3 is 0 Å². The molecule has 3 nitrogen and oxygen atoms in total. The molecule has 0 unspecified atom stereocenters. The van der Waals surface area contributed by atoms with Crippen LogP contribution in [0.4, 0.5) is 0 Å². The number of carbonyl (C=O) groups excluding carboxylic acids is 1. The Kier molecular flexibility index (Phi) is 6.57. The number of ether oxygens (including phenoxy) is 2. The first kappa shape index (κ1) is 13.4. The van der Waals surface area contributed by atoms with E-state index in [1.165, 1.54) is 6.92 Å². The summed E-state index contributed by atoms with van der Waals surface area (Å²) >= 11 is 9.86. The molecule has 0 heterocycles. The van der Waals surface area contributed by atoms with E-state index in [0.29, 0.717) is 13.2 Å². The minimum atomic E-state index is -0.695. The molecule has 0 atom stereocenters. The molecule has 0 amide bonds. The molecule has 0 bridgehead atoms. The molecule has 5 heteroatoms. The molecule has 14 heavy (non-hydrogen) atoms. The molecule has 0 radical (unpaired) electrons. The van der Waals surface area contributed by atoms with Crippen LogP contribution in [0.1, 0.15) is 20.8 Å². The first-order valence-corrected chi connectivity index (χ1v) is 5.19. The fourth-order valence-electron chi connectivity index (χ4n) is 0.879. The summed E-state index contributed by atoms with van der Waals surface area (Å²) in [5.74, 6) is -0.846. The van der Waals surface area contributed by atoms with E-state index >= 15 is 0 Å². The van der Waals surface area contributed by atoms with Crippen molar-refractivity contribution < 1.29 is 14.3 Å². The second kappa shape index (κ2) is 6.84. The van der Waals surface area contributed by atoms with Crippen molar-refractivity contribution >= 4 is 40.3 Å². The standard InChI is InChI=1S/C9H14O3S2/c1-4-11-8(13)7(6(3)10)9(14)12-5-2/h7H,4-5H2,1-3H3. The molecule has 0 aliphatic carbocycles. The van der Waals surface area contributed by atoms with Crippen molar-refractivity contribution in [1.29, 1.82) is 0 Å². The Morgan fingerprint density at radius 3 is 1.71 bits per heavy atom. The van der Waals surface area contributed by atoms with Gasteiger partial charge < -0.3 is 9.47 Å². The largest absolute Gasteiger partial charge is 0.486 e. The Morgan fingerprint density at radius 2 is 1.50 bits per heavy atom. The number of ketones is 1. The minimum Gasteiger partial charge on any atom is -0.486 e. The van der Waals surface area contributed by atoms with Gasteiger partial charge in [0.1, 0.15) is 5.78 Å². The maximum absolute atomic E-state index is 11.2. The Labute approximate surface area is 94.8 Å². The monoisotopic (exact) mass is 234 g/mol. The average Bonchev–Trinajstić information content (AvgIpc) is 2.04. The van der Waals surface area contributed by atoms with Gasteiger partial charge in [-0.3, -0.25) is 4.79 Å². The SMILES string of the molecule is CCOC(=S)C(C(C)=O)C(=S)OCC. The van der Waals surface area contributed by atoms with Crippen LogP contribution in [0.5, 0.6) is 0 Å². The van der Waals surface area contributed by atoms with Gasteiger partial charge in [0.05, 0.1) is 13.2 Å². The summed E-state index contributed by atoms with van der Waals surface area (Å²) in [7, 11) is 0. The summed E-state index contributed by atoms with van der Waals surface area (Å²) in [6.45, 7) is 5.87. The Hall–Kier alpha value is -0.550. The average molecular weight is 234 g/mol. The fourth-order valence-corrected chi connectivity index (χ4v) is 1.74. The van der Waals surface area contributed by atoms with E-state index in [4.69, 9.17) is 33.9 Å². The van der Waals surface area contributed by atoms with E-state index in [0.717, 1.165) is 0 Å². The highest BCUT2D eigenvalue weighted by molar-refractivity contribution is 7.82. The van der Waals surface area contributed by atoms with Crippen LogP contribution >= 0.6 is 24.4 Å². The number of thiocarbonyl (C=S) groups is 2. The Morgan fingerprint density at radius 1 is 1.14 bits per heavy atom. The number of hydrogen-bond acceptors (Lipinski definition) is 5. The second-order valence-electron chi connectivity index (χ2n) is 2.55. The van der Waals surface area contributed by atoms with Crippen LogP contribution in [0, 0.1) is 5.92 Å². The molecule has 0 aromatic carbocycles. The molecule has 0 aliphatic rings. The number of carbonyl (C=O) groups is 1. The minimum absolute atomic E-state index is 0.151. The van der Waals surface area contributed by atoms with Crippen molar-refractivity contribution in [3.05, 3.63) is 0 Å². The molecule has 80 valence electrons. The predicted molar refractivity (Wildman–Crippen MR) is 62.6 cm³/mol. The van der Waals surface area contributed by atoms with E-state index in [1.54, 1.807) is 13.8 Å². The summed E-state index contributed by atoms with van der Waals surface area (Å²) in [6.07, 6.45) is 0. The normalized spacial score (nSPS) is 9.71. The maximum Gasteiger partial charge on any atom is 0.178 e. The second-order valence-corrected chi connectivity index (χ2v) is 3.35. The molecule has 0 aromatic heterocycles. The van der Waals surface area contributed by atoms with Gasteiger partial charge in [-0.15, -0.1) is 0 Å². The Balaban J connectivity index is 4.51.